The minimum atomic E-state index is -0.436. The number of hydrogen-bond donors (Lipinski definition) is 0. The second-order valence-electron chi connectivity index (χ2n) is 8.72. The molecule has 0 fully saturated rings. The average Bonchev–Trinajstić information content (AvgIpc) is 3.07. The van der Waals surface area contributed by atoms with E-state index < -0.39 is 17.7 Å². The maximum absolute atomic E-state index is 13.4. The summed E-state index contributed by atoms with van der Waals surface area (Å²) in [6, 6.07) is 14.4. The van der Waals surface area contributed by atoms with Gasteiger partial charge in [-0.2, -0.15) is 0 Å². The Morgan fingerprint density at radius 2 is 1.66 bits per heavy atom. The molecule has 0 amide bonds. The molecule has 5 aromatic rings. The highest BCUT2D eigenvalue weighted by Gasteiger charge is 2.32. The SMILES string of the molecule is Cn1c(=O)n(C)c2cc(C3CC(=O)Oc4ccc5c(=O)c(-c6ccc(F)cc6)coc5c43)ccc21. The number of esters is 1. The summed E-state index contributed by atoms with van der Waals surface area (Å²) in [5.74, 6) is -0.896. The maximum Gasteiger partial charge on any atom is 0.328 e. The quantitative estimate of drug-likeness (QED) is 0.285. The molecule has 0 aliphatic carbocycles. The van der Waals surface area contributed by atoms with Crippen molar-refractivity contribution in [2.24, 2.45) is 14.1 Å². The summed E-state index contributed by atoms with van der Waals surface area (Å²) in [7, 11) is 3.40. The minimum Gasteiger partial charge on any atom is -0.463 e. The largest absolute Gasteiger partial charge is 0.463 e. The molecule has 0 saturated carbocycles. The second kappa shape index (κ2) is 7.53. The zero-order valence-electron chi connectivity index (χ0n) is 18.9. The van der Waals surface area contributed by atoms with Gasteiger partial charge in [-0.1, -0.05) is 18.2 Å². The van der Waals surface area contributed by atoms with Gasteiger partial charge in [0, 0.05) is 25.6 Å². The van der Waals surface area contributed by atoms with Gasteiger partial charge in [-0.15, -0.1) is 0 Å². The van der Waals surface area contributed by atoms with Gasteiger partial charge in [0.1, 0.15) is 23.4 Å². The summed E-state index contributed by atoms with van der Waals surface area (Å²) in [5, 5.41) is 0.335. The van der Waals surface area contributed by atoms with E-state index in [0.717, 1.165) is 16.6 Å². The van der Waals surface area contributed by atoms with Gasteiger partial charge < -0.3 is 9.15 Å². The van der Waals surface area contributed by atoms with Gasteiger partial charge in [0.05, 0.1) is 28.4 Å². The van der Waals surface area contributed by atoms with E-state index >= 15 is 0 Å². The van der Waals surface area contributed by atoms with Crippen LogP contribution in [-0.4, -0.2) is 15.1 Å². The molecule has 8 heteroatoms. The number of carbonyl (C=O) groups is 1. The molecule has 35 heavy (non-hydrogen) atoms. The lowest BCUT2D eigenvalue weighted by Crippen LogP contribution is -2.22. The Morgan fingerprint density at radius 1 is 0.914 bits per heavy atom. The molecule has 1 unspecified atom stereocenters. The monoisotopic (exact) mass is 470 g/mol. The van der Waals surface area contributed by atoms with Crippen LogP contribution in [0.15, 0.2) is 74.9 Å². The number of aryl methyl sites for hydroxylation is 2. The van der Waals surface area contributed by atoms with Crippen molar-refractivity contribution in [3.63, 3.8) is 0 Å². The van der Waals surface area contributed by atoms with Crippen LogP contribution < -0.4 is 15.9 Å². The van der Waals surface area contributed by atoms with Gasteiger partial charge in [-0.3, -0.25) is 18.7 Å². The molecule has 7 nitrogen and oxygen atoms in total. The summed E-state index contributed by atoms with van der Waals surface area (Å²) in [6.45, 7) is 0. The fraction of sp³-hybridized carbons (Fsp3) is 0.148. The molecule has 0 spiro atoms. The van der Waals surface area contributed by atoms with Crippen molar-refractivity contribution in [3.8, 4) is 16.9 Å². The van der Waals surface area contributed by atoms with Crippen molar-refractivity contribution < 1.29 is 18.3 Å². The van der Waals surface area contributed by atoms with Gasteiger partial charge >= 0.3 is 11.7 Å². The number of imidazole rings is 1. The molecule has 0 N–H and O–H groups in total. The third kappa shape index (κ3) is 3.13. The second-order valence-corrected chi connectivity index (χ2v) is 8.72. The Bertz CT molecular complexity index is 1790. The van der Waals surface area contributed by atoms with Crippen LogP contribution in [0.2, 0.25) is 0 Å². The molecule has 174 valence electrons. The molecule has 0 bridgehead atoms. The van der Waals surface area contributed by atoms with Crippen molar-refractivity contribution in [3.05, 3.63) is 98.5 Å². The Hall–Kier alpha value is -4.46. The van der Waals surface area contributed by atoms with Crippen LogP contribution in [0.3, 0.4) is 0 Å². The molecule has 1 aliphatic heterocycles. The summed E-state index contributed by atoms with van der Waals surface area (Å²) >= 11 is 0. The predicted molar refractivity (Wildman–Crippen MR) is 128 cm³/mol. The van der Waals surface area contributed by atoms with Gasteiger partial charge in [0.25, 0.3) is 0 Å². The number of hydrogen-bond acceptors (Lipinski definition) is 5. The van der Waals surface area contributed by atoms with E-state index in [1.807, 2.05) is 18.2 Å². The Labute approximate surface area is 197 Å². The van der Waals surface area contributed by atoms with Crippen LogP contribution in [-0.2, 0) is 18.9 Å². The summed E-state index contributed by atoms with van der Waals surface area (Å²) in [4.78, 5) is 38.2. The molecular formula is C27H19FN2O5. The van der Waals surface area contributed by atoms with Crippen molar-refractivity contribution >= 4 is 28.0 Å². The maximum atomic E-state index is 13.4. The number of ether oxygens (including phenoxy) is 1. The Kier molecular flexibility index (Phi) is 4.54. The van der Waals surface area contributed by atoms with Crippen LogP contribution in [0.1, 0.15) is 23.5 Å². The van der Waals surface area contributed by atoms with Crippen molar-refractivity contribution in [2.75, 3.05) is 0 Å². The number of rotatable bonds is 2. The molecular weight excluding hydrogens is 451 g/mol. The standard InChI is InChI=1S/C27H19FN2O5/c1-29-20-9-5-15(11-21(20)30(2)27(29)33)18-12-23(31)35-22-10-8-17-25(32)19(13-34-26(17)24(18)22)14-3-6-16(28)7-4-14/h3-11,13,18H,12H2,1-2H3. The lowest BCUT2D eigenvalue weighted by Gasteiger charge is -2.25. The fourth-order valence-electron chi connectivity index (χ4n) is 4.91. The van der Waals surface area contributed by atoms with Crippen LogP contribution in [0.5, 0.6) is 5.75 Å². The van der Waals surface area contributed by atoms with Crippen molar-refractivity contribution in [1.82, 2.24) is 9.13 Å². The minimum absolute atomic E-state index is 0.0574. The molecule has 3 heterocycles. The first kappa shape index (κ1) is 21.1. The van der Waals surface area contributed by atoms with Crippen LogP contribution in [0, 0.1) is 5.82 Å². The van der Waals surface area contributed by atoms with E-state index in [1.165, 1.54) is 30.5 Å². The van der Waals surface area contributed by atoms with E-state index in [1.54, 1.807) is 35.4 Å². The third-order valence-corrected chi connectivity index (χ3v) is 6.74. The fourth-order valence-corrected chi connectivity index (χ4v) is 4.91. The highest BCUT2D eigenvalue weighted by molar-refractivity contribution is 5.90. The average molecular weight is 470 g/mol. The Balaban J connectivity index is 1.57. The van der Waals surface area contributed by atoms with Gasteiger partial charge in [0.2, 0.25) is 5.43 Å². The molecule has 6 rings (SSSR count). The smallest absolute Gasteiger partial charge is 0.328 e. The van der Waals surface area contributed by atoms with E-state index in [2.05, 4.69) is 0 Å². The number of benzene rings is 3. The van der Waals surface area contributed by atoms with Crippen LogP contribution >= 0.6 is 0 Å². The first-order valence-electron chi connectivity index (χ1n) is 11.0. The summed E-state index contributed by atoms with van der Waals surface area (Å²) < 4.78 is 28.0. The van der Waals surface area contributed by atoms with E-state index in [4.69, 9.17) is 9.15 Å². The number of aromatic nitrogens is 2. The number of fused-ring (bicyclic) bond motifs is 4. The highest BCUT2D eigenvalue weighted by Crippen LogP contribution is 2.43. The number of nitrogens with zero attached hydrogens (tertiary/aromatic N) is 2. The van der Waals surface area contributed by atoms with Crippen molar-refractivity contribution in [1.29, 1.82) is 0 Å². The first-order valence-corrected chi connectivity index (χ1v) is 11.0. The van der Waals surface area contributed by atoms with Gasteiger partial charge in [-0.05, 0) is 47.5 Å². The lowest BCUT2D eigenvalue weighted by molar-refractivity contribution is -0.135. The first-order chi connectivity index (χ1) is 16.8. The summed E-state index contributed by atoms with van der Waals surface area (Å²) in [6.07, 6.45) is 1.41. The molecule has 3 aromatic carbocycles. The number of halogens is 1. The molecule has 1 aliphatic rings. The molecule has 2 aromatic heterocycles. The zero-order chi connectivity index (χ0) is 24.4. The van der Waals surface area contributed by atoms with Crippen LogP contribution in [0.25, 0.3) is 33.1 Å². The van der Waals surface area contributed by atoms with E-state index in [9.17, 15) is 18.8 Å². The van der Waals surface area contributed by atoms with E-state index in [-0.39, 0.29) is 17.5 Å². The van der Waals surface area contributed by atoms with Gasteiger partial charge in [-0.25, -0.2) is 9.18 Å². The zero-order valence-corrected chi connectivity index (χ0v) is 18.9. The molecule has 0 radical (unpaired) electrons. The third-order valence-electron chi connectivity index (χ3n) is 6.74. The van der Waals surface area contributed by atoms with E-state index in [0.29, 0.717) is 33.4 Å². The van der Waals surface area contributed by atoms with Gasteiger partial charge in [0.15, 0.2) is 0 Å². The topological polar surface area (TPSA) is 83.4 Å². The number of carbonyl (C=O) groups excluding carboxylic acids is 1. The normalized spacial score (nSPS) is 15.4. The Morgan fingerprint density at radius 3 is 2.43 bits per heavy atom. The summed E-state index contributed by atoms with van der Waals surface area (Å²) in [5.41, 5.74) is 3.67. The molecule has 0 saturated heterocycles. The van der Waals surface area contributed by atoms with Crippen molar-refractivity contribution in [2.45, 2.75) is 12.3 Å². The predicted octanol–water partition coefficient (Wildman–Crippen LogP) is 4.23. The highest BCUT2D eigenvalue weighted by atomic mass is 19.1. The lowest BCUT2D eigenvalue weighted by atomic mass is 9.85. The van der Waals surface area contributed by atoms with Crippen LogP contribution in [0.4, 0.5) is 4.39 Å². The molecule has 1 atom stereocenters.